The summed E-state index contributed by atoms with van der Waals surface area (Å²) in [6, 6.07) is 4.81. The number of primary amides is 1. The second-order valence-electron chi connectivity index (χ2n) is 4.16. The number of halogens is 1. The molecule has 2 rings (SSSR count). The monoisotopic (exact) mass is 310 g/mol. The van der Waals surface area contributed by atoms with Crippen LogP contribution in [0.4, 0.5) is 9.18 Å². The third kappa shape index (κ3) is 3.34. The number of urea groups is 1. The number of amides is 3. The van der Waals surface area contributed by atoms with Crippen LogP contribution in [0.3, 0.4) is 0 Å². The van der Waals surface area contributed by atoms with Crippen molar-refractivity contribution in [1.82, 2.24) is 5.32 Å². The van der Waals surface area contributed by atoms with E-state index in [1.54, 1.807) is 11.4 Å². The van der Waals surface area contributed by atoms with Crippen molar-refractivity contribution in [1.29, 1.82) is 0 Å². The molecular weight excluding hydrogens is 299 g/mol. The smallest absolute Gasteiger partial charge is 0.349 e. The largest absolute Gasteiger partial charge is 0.448 e. The average molecular weight is 310 g/mol. The van der Waals surface area contributed by atoms with Gasteiger partial charge in [0, 0.05) is 10.1 Å². The first-order valence-electron chi connectivity index (χ1n) is 5.88. The van der Waals surface area contributed by atoms with Gasteiger partial charge in [-0.15, -0.1) is 11.3 Å². The molecule has 8 heteroatoms. The summed E-state index contributed by atoms with van der Waals surface area (Å²) in [5.41, 5.74) is 4.79. The zero-order valence-electron chi connectivity index (χ0n) is 10.9. The fourth-order valence-electron chi connectivity index (χ4n) is 1.62. The van der Waals surface area contributed by atoms with E-state index in [1.807, 2.05) is 0 Å². The van der Waals surface area contributed by atoms with E-state index in [0.717, 1.165) is 11.3 Å². The van der Waals surface area contributed by atoms with Crippen molar-refractivity contribution < 1.29 is 23.5 Å². The van der Waals surface area contributed by atoms with Gasteiger partial charge in [-0.1, -0.05) is 6.07 Å². The molecular formula is C13H11FN2O4S. The second-order valence-corrected chi connectivity index (χ2v) is 5.25. The van der Waals surface area contributed by atoms with Gasteiger partial charge in [0.15, 0.2) is 6.10 Å². The second kappa shape index (κ2) is 5.88. The fraction of sp³-hybridized carbons (Fsp3) is 0.154. The first-order chi connectivity index (χ1) is 9.88. The number of nitrogens with one attached hydrogen (secondary N) is 1. The minimum Gasteiger partial charge on any atom is -0.448 e. The van der Waals surface area contributed by atoms with Crippen LogP contribution in [0, 0.1) is 5.82 Å². The number of ether oxygens (including phenoxy) is 1. The zero-order valence-corrected chi connectivity index (χ0v) is 11.7. The lowest BCUT2D eigenvalue weighted by molar-refractivity contribution is -0.127. The van der Waals surface area contributed by atoms with Crippen LogP contribution in [-0.4, -0.2) is 24.0 Å². The Morgan fingerprint density at radius 1 is 1.38 bits per heavy atom. The standard InChI is InChI=1S/C13H11FN2O4S/c1-6(11(17)16-13(15)19)20-12(18)10-5-7-8(14)3-2-4-9(7)21-10/h2-6H,1H3,(H3,15,16,17,19)/t6-/m1/s1. The molecule has 0 bridgehead atoms. The van der Waals surface area contributed by atoms with Crippen LogP contribution in [0.2, 0.25) is 0 Å². The first-order valence-corrected chi connectivity index (χ1v) is 6.69. The maximum atomic E-state index is 13.5. The van der Waals surface area contributed by atoms with Gasteiger partial charge in [0.2, 0.25) is 0 Å². The van der Waals surface area contributed by atoms with Gasteiger partial charge in [-0.25, -0.2) is 14.0 Å². The molecule has 1 aromatic carbocycles. The number of carbonyl (C=O) groups is 3. The Balaban J connectivity index is 2.13. The molecule has 1 atom stereocenters. The number of hydrogen-bond donors (Lipinski definition) is 2. The van der Waals surface area contributed by atoms with E-state index in [1.165, 1.54) is 25.1 Å². The van der Waals surface area contributed by atoms with Crippen molar-refractivity contribution in [2.75, 3.05) is 0 Å². The Hall–Kier alpha value is -2.48. The summed E-state index contributed by atoms with van der Waals surface area (Å²) in [5.74, 6) is -2.05. The van der Waals surface area contributed by atoms with Crippen LogP contribution in [-0.2, 0) is 9.53 Å². The van der Waals surface area contributed by atoms with Crippen molar-refractivity contribution in [3.05, 3.63) is 35.0 Å². The van der Waals surface area contributed by atoms with Crippen LogP contribution in [0.5, 0.6) is 0 Å². The Morgan fingerprint density at radius 2 is 2.10 bits per heavy atom. The van der Waals surface area contributed by atoms with E-state index >= 15 is 0 Å². The molecule has 0 unspecified atom stereocenters. The molecule has 110 valence electrons. The normalized spacial score (nSPS) is 11.9. The molecule has 0 saturated carbocycles. The number of carbonyl (C=O) groups excluding carboxylic acids is 3. The van der Waals surface area contributed by atoms with Crippen molar-refractivity contribution in [2.45, 2.75) is 13.0 Å². The third-order valence-electron chi connectivity index (χ3n) is 2.61. The van der Waals surface area contributed by atoms with Crippen molar-refractivity contribution in [3.63, 3.8) is 0 Å². The van der Waals surface area contributed by atoms with E-state index in [-0.39, 0.29) is 4.88 Å². The summed E-state index contributed by atoms with van der Waals surface area (Å²) in [7, 11) is 0. The highest BCUT2D eigenvalue weighted by atomic mass is 32.1. The van der Waals surface area contributed by atoms with E-state index < -0.39 is 29.8 Å². The predicted molar refractivity (Wildman–Crippen MR) is 74.4 cm³/mol. The number of benzene rings is 1. The van der Waals surface area contributed by atoms with Crippen LogP contribution >= 0.6 is 11.3 Å². The molecule has 3 N–H and O–H groups in total. The maximum absolute atomic E-state index is 13.5. The van der Waals surface area contributed by atoms with Crippen LogP contribution in [0.25, 0.3) is 10.1 Å². The summed E-state index contributed by atoms with van der Waals surface area (Å²) in [5, 5.41) is 2.11. The molecule has 6 nitrogen and oxygen atoms in total. The molecule has 21 heavy (non-hydrogen) atoms. The van der Waals surface area contributed by atoms with Crippen molar-refractivity contribution in [3.8, 4) is 0 Å². The Bertz CT molecular complexity index is 728. The van der Waals surface area contributed by atoms with Gasteiger partial charge in [-0.2, -0.15) is 0 Å². The average Bonchev–Trinajstić information content (AvgIpc) is 2.83. The summed E-state index contributed by atoms with van der Waals surface area (Å²) in [6.45, 7) is 1.30. The highest BCUT2D eigenvalue weighted by molar-refractivity contribution is 7.20. The van der Waals surface area contributed by atoms with Gasteiger partial charge in [0.1, 0.15) is 10.7 Å². The lowest BCUT2D eigenvalue weighted by Crippen LogP contribution is -2.42. The number of fused-ring (bicyclic) bond motifs is 1. The lowest BCUT2D eigenvalue weighted by atomic mass is 10.2. The van der Waals surface area contributed by atoms with Gasteiger partial charge in [0.05, 0.1) is 0 Å². The molecule has 0 aliphatic rings. The number of hydrogen-bond acceptors (Lipinski definition) is 5. The van der Waals surface area contributed by atoms with E-state index in [0.29, 0.717) is 10.1 Å². The SMILES string of the molecule is C[C@@H](OC(=O)c1cc2c(F)cccc2s1)C(=O)NC(N)=O. The minimum atomic E-state index is -1.19. The molecule has 0 radical (unpaired) electrons. The maximum Gasteiger partial charge on any atom is 0.349 e. The van der Waals surface area contributed by atoms with Gasteiger partial charge < -0.3 is 10.5 Å². The van der Waals surface area contributed by atoms with E-state index in [2.05, 4.69) is 0 Å². The van der Waals surface area contributed by atoms with E-state index in [4.69, 9.17) is 10.5 Å². The van der Waals surface area contributed by atoms with Crippen LogP contribution < -0.4 is 11.1 Å². The summed E-state index contributed by atoms with van der Waals surface area (Å²) >= 11 is 1.05. The van der Waals surface area contributed by atoms with Gasteiger partial charge in [0.25, 0.3) is 5.91 Å². The highest BCUT2D eigenvalue weighted by Crippen LogP contribution is 2.28. The van der Waals surface area contributed by atoms with Crippen molar-refractivity contribution in [2.24, 2.45) is 5.73 Å². The molecule has 0 aliphatic heterocycles. The van der Waals surface area contributed by atoms with Crippen LogP contribution in [0.1, 0.15) is 16.6 Å². The fourth-order valence-corrected chi connectivity index (χ4v) is 2.58. The van der Waals surface area contributed by atoms with Crippen LogP contribution in [0.15, 0.2) is 24.3 Å². The topological polar surface area (TPSA) is 98.5 Å². The summed E-state index contributed by atoms with van der Waals surface area (Å²) in [6.07, 6.45) is -1.19. The Labute approximate surface area is 122 Å². The Kier molecular flexibility index (Phi) is 4.18. The predicted octanol–water partition coefficient (Wildman–Crippen LogP) is 1.78. The number of esters is 1. The molecule has 2 aromatic rings. The quantitative estimate of drug-likeness (QED) is 0.844. The lowest BCUT2D eigenvalue weighted by Gasteiger charge is -2.10. The number of imide groups is 1. The summed E-state index contributed by atoms with van der Waals surface area (Å²) < 4.78 is 19.0. The molecule has 3 amide bonds. The minimum absolute atomic E-state index is 0.161. The Morgan fingerprint density at radius 3 is 2.71 bits per heavy atom. The van der Waals surface area contributed by atoms with Gasteiger partial charge in [-0.3, -0.25) is 10.1 Å². The molecule has 0 aliphatic carbocycles. The van der Waals surface area contributed by atoms with Gasteiger partial charge in [-0.05, 0) is 25.1 Å². The molecule has 1 heterocycles. The number of thiophene rings is 1. The highest BCUT2D eigenvalue weighted by Gasteiger charge is 2.21. The van der Waals surface area contributed by atoms with E-state index in [9.17, 15) is 18.8 Å². The molecule has 0 spiro atoms. The number of nitrogens with two attached hydrogens (primary N) is 1. The number of rotatable bonds is 3. The third-order valence-corrected chi connectivity index (χ3v) is 3.69. The zero-order chi connectivity index (χ0) is 15.6. The molecule has 0 fully saturated rings. The molecule has 0 saturated heterocycles. The van der Waals surface area contributed by atoms with Crippen molar-refractivity contribution >= 4 is 39.3 Å². The molecule has 1 aromatic heterocycles. The first kappa shape index (κ1) is 14.9. The van der Waals surface area contributed by atoms with Gasteiger partial charge >= 0.3 is 12.0 Å². The summed E-state index contributed by atoms with van der Waals surface area (Å²) in [4.78, 5) is 34.0.